The number of aryl methyl sites for hydroxylation is 1. The molecule has 45 heavy (non-hydrogen) atoms. The molecule has 2 aromatic carbocycles. The number of halogens is 1. The van der Waals surface area contributed by atoms with Gasteiger partial charge in [-0.15, -0.1) is 0 Å². The van der Waals surface area contributed by atoms with Crippen LogP contribution in [0.2, 0.25) is 0 Å². The monoisotopic (exact) mass is 612 g/mol. The van der Waals surface area contributed by atoms with Crippen molar-refractivity contribution in [3.8, 4) is 22.6 Å². The van der Waals surface area contributed by atoms with Crippen LogP contribution in [0.1, 0.15) is 51.9 Å². The highest BCUT2D eigenvalue weighted by Crippen LogP contribution is 2.26. The van der Waals surface area contributed by atoms with E-state index in [1.54, 1.807) is 47.5 Å². The Morgan fingerprint density at radius 2 is 1.91 bits per heavy atom. The van der Waals surface area contributed by atoms with Gasteiger partial charge in [0.15, 0.2) is 6.61 Å². The summed E-state index contributed by atoms with van der Waals surface area (Å²) in [6, 6.07) is 14.2. The number of aromatic nitrogens is 3. The van der Waals surface area contributed by atoms with Crippen molar-refractivity contribution in [2.45, 2.75) is 44.9 Å². The van der Waals surface area contributed by atoms with Crippen molar-refractivity contribution in [3.63, 3.8) is 0 Å². The van der Waals surface area contributed by atoms with Gasteiger partial charge in [0.25, 0.3) is 17.7 Å². The van der Waals surface area contributed by atoms with Crippen LogP contribution in [-0.4, -0.2) is 69.6 Å². The zero-order valence-corrected chi connectivity index (χ0v) is 24.7. The first kappa shape index (κ1) is 29.8. The Balaban J connectivity index is 1.32. The largest absolute Gasteiger partial charge is 0.488 e. The zero-order chi connectivity index (χ0) is 31.3. The minimum atomic E-state index is -0.641. The smallest absolute Gasteiger partial charge is 0.274 e. The summed E-state index contributed by atoms with van der Waals surface area (Å²) < 4.78 is 26.6. The van der Waals surface area contributed by atoms with E-state index in [9.17, 15) is 18.8 Å². The van der Waals surface area contributed by atoms with Gasteiger partial charge in [0.05, 0.1) is 11.6 Å². The van der Waals surface area contributed by atoms with Crippen LogP contribution < -0.4 is 20.1 Å². The molecule has 0 spiro atoms. The maximum absolute atomic E-state index is 14.7. The minimum Gasteiger partial charge on any atom is -0.488 e. The van der Waals surface area contributed by atoms with Crippen molar-refractivity contribution in [3.05, 3.63) is 95.3 Å². The molecular weight excluding hydrogens is 579 g/mol. The number of benzene rings is 2. The van der Waals surface area contributed by atoms with E-state index in [4.69, 9.17) is 9.47 Å². The maximum atomic E-state index is 14.7. The lowest BCUT2D eigenvalue weighted by atomic mass is 10.00. The fraction of sp³-hybridized carbons (Fsp3) is 0.303. The number of hydrogen-bond donors (Lipinski definition) is 3. The molecule has 12 heteroatoms. The SMILES string of the molecule is CCCc1cc(C(=O)N2CC[C@@H]3Oc4cc(F)cc(c4)CNC(=O)COc4cccc(c4)-c4cncc(c4)C(=O)N[C@@H]3C2)n[nH]1. The highest BCUT2D eigenvalue weighted by atomic mass is 19.1. The summed E-state index contributed by atoms with van der Waals surface area (Å²) >= 11 is 0. The Labute approximate surface area is 259 Å². The Bertz CT molecular complexity index is 1730. The number of fused-ring (bicyclic) bond motifs is 8. The molecule has 4 heterocycles. The van der Waals surface area contributed by atoms with E-state index in [2.05, 4.69) is 25.8 Å². The van der Waals surface area contributed by atoms with Crippen LogP contribution in [0.25, 0.3) is 11.1 Å². The summed E-state index contributed by atoms with van der Waals surface area (Å²) in [5.74, 6) is -0.861. The minimum absolute atomic E-state index is 0.0602. The molecular formula is C33H33FN6O5. The highest BCUT2D eigenvalue weighted by Gasteiger charge is 2.35. The molecule has 4 aromatic rings. The Morgan fingerprint density at radius 3 is 2.78 bits per heavy atom. The molecule has 1 saturated heterocycles. The van der Waals surface area contributed by atoms with E-state index >= 15 is 0 Å². The second-order valence-electron chi connectivity index (χ2n) is 11.2. The normalized spacial score (nSPS) is 18.6. The molecule has 0 saturated carbocycles. The molecule has 232 valence electrons. The fourth-order valence-electron chi connectivity index (χ4n) is 5.53. The van der Waals surface area contributed by atoms with Crippen LogP contribution in [0.15, 0.2) is 67.0 Å². The quantitative estimate of drug-likeness (QED) is 0.321. The van der Waals surface area contributed by atoms with Gasteiger partial charge in [-0.2, -0.15) is 5.10 Å². The summed E-state index contributed by atoms with van der Waals surface area (Å²) in [5.41, 5.74) is 3.41. The lowest BCUT2D eigenvalue weighted by molar-refractivity contribution is -0.123. The van der Waals surface area contributed by atoms with Gasteiger partial charge in [-0.05, 0) is 53.9 Å². The van der Waals surface area contributed by atoms with E-state index in [1.165, 1.54) is 18.3 Å². The molecule has 0 aliphatic carbocycles. The summed E-state index contributed by atoms with van der Waals surface area (Å²) in [6.07, 6.45) is 4.57. The second-order valence-corrected chi connectivity index (χ2v) is 11.2. The first-order valence-corrected chi connectivity index (χ1v) is 14.9. The number of likely N-dealkylation sites (tertiary alicyclic amines) is 1. The predicted octanol–water partition coefficient (Wildman–Crippen LogP) is 3.66. The molecule has 3 amide bonds. The fourth-order valence-corrected chi connectivity index (χ4v) is 5.53. The molecule has 2 aliphatic rings. The van der Waals surface area contributed by atoms with E-state index in [-0.39, 0.29) is 37.3 Å². The van der Waals surface area contributed by atoms with Gasteiger partial charge in [-0.3, -0.25) is 24.5 Å². The van der Waals surface area contributed by atoms with E-state index in [1.807, 2.05) is 13.0 Å². The number of nitrogens with zero attached hydrogens (tertiary/aromatic N) is 3. The summed E-state index contributed by atoms with van der Waals surface area (Å²) in [5, 5.41) is 12.9. The number of ether oxygens (including phenoxy) is 2. The summed E-state index contributed by atoms with van der Waals surface area (Å²) in [4.78, 5) is 45.5. The lowest BCUT2D eigenvalue weighted by Crippen LogP contribution is -2.58. The van der Waals surface area contributed by atoms with Crippen LogP contribution in [0.3, 0.4) is 0 Å². The number of carbonyl (C=O) groups excluding carboxylic acids is 3. The van der Waals surface area contributed by atoms with Gasteiger partial charge in [-0.25, -0.2) is 4.39 Å². The third-order valence-electron chi connectivity index (χ3n) is 7.77. The molecule has 3 N–H and O–H groups in total. The molecule has 0 radical (unpaired) electrons. The highest BCUT2D eigenvalue weighted by molar-refractivity contribution is 5.96. The van der Waals surface area contributed by atoms with Gasteiger partial charge in [0.1, 0.15) is 29.1 Å². The number of aromatic amines is 1. The van der Waals surface area contributed by atoms with Crippen molar-refractivity contribution in [2.75, 3.05) is 19.7 Å². The van der Waals surface area contributed by atoms with Crippen molar-refractivity contribution in [1.82, 2.24) is 30.7 Å². The molecule has 2 aromatic heterocycles. The maximum Gasteiger partial charge on any atom is 0.274 e. The third kappa shape index (κ3) is 7.11. The standard InChI is InChI=1S/C33H33FN6O5/c1-2-4-25-14-28(39-38-25)33(43)40-8-7-30-29(18-40)37-32(42)23-11-22(16-35-17-23)21-5-3-6-26(12-21)44-19-31(41)36-15-20-9-24(34)13-27(10-20)45-30/h3,5-6,9-14,16-17,29-30H,2,4,7-8,15,18-19H2,1H3,(H,36,41)(H,37,42)(H,38,39)/t29-,30+/m1/s1. The van der Waals surface area contributed by atoms with Gasteiger partial charge >= 0.3 is 0 Å². The Morgan fingerprint density at radius 1 is 1.04 bits per heavy atom. The van der Waals surface area contributed by atoms with E-state index in [0.29, 0.717) is 41.1 Å². The number of carbonyl (C=O) groups is 3. The average Bonchev–Trinajstić information content (AvgIpc) is 3.51. The number of rotatable bonds is 3. The number of piperidine rings is 1. The lowest BCUT2D eigenvalue weighted by Gasteiger charge is -2.38. The van der Waals surface area contributed by atoms with Crippen LogP contribution in [0.4, 0.5) is 4.39 Å². The summed E-state index contributed by atoms with van der Waals surface area (Å²) in [7, 11) is 0. The number of hydrogen-bond acceptors (Lipinski definition) is 7. The van der Waals surface area contributed by atoms with Gasteiger partial charge < -0.3 is 25.0 Å². The molecule has 6 bridgehead atoms. The van der Waals surface area contributed by atoms with Crippen molar-refractivity contribution >= 4 is 17.7 Å². The molecule has 2 atom stereocenters. The third-order valence-corrected chi connectivity index (χ3v) is 7.77. The van der Waals surface area contributed by atoms with Gasteiger partial charge in [0, 0.05) is 55.8 Å². The van der Waals surface area contributed by atoms with Crippen molar-refractivity contribution < 1.29 is 28.2 Å². The number of amides is 3. The van der Waals surface area contributed by atoms with Gasteiger partial charge in [-0.1, -0.05) is 25.5 Å². The van der Waals surface area contributed by atoms with Gasteiger partial charge in [0.2, 0.25) is 0 Å². The second kappa shape index (κ2) is 13.2. The molecule has 2 aliphatic heterocycles. The number of H-pyrrole nitrogens is 1. The topological polar surface area (TPSA) is 139 Å². The van der Waals surface area contributed by atoms with Crippen LogP contribution in [-0.2, 0) is 17.8 Å². The van der Waals surface area contributed by atoms with Crippen LogP contribution in [0, 0.1) is 5.82 Å². The first-order valence-electron chi connectivity index (χ1n) is 14.9. The Hall–Kier alpha value is -5.26. The predicted molar refractivity (Wildman–Crippen MR) is 162 cm³/mol. The molecule has 1 fully saturated rings. The average molecular weight is 613 g/mol. The van der Waals surface area contributed by atoms with E-state index < -0.39 is 23.9 Å². The Kier molecular flexibility index (Phi) is 8.72. The summed E-state index contributed by atoms with van der Waals surface area (Å²) in [6.45, 7) is 2.36. The number of pyridine rings is 1. The molecule has 0 unspecified atom stereocenters. The first-order chi connectivity index (χ1) is 21.8. The number of nitrogens with one attached hydrogen (secondary N) is 3. The van der Waals surface area contributed by atoms with Crippen LogP contribution >= 0.6 is 0 Å². The molecule has 6 rings (SSSR count). The van der Waals surface area contributed by atoms with Crippen molar-refractivity contribution in [1.29, 1.82) is 0 Å². The van der Waals surface area contributed by atoms with Crippen LogP contribution in [0.5, 0.6) is 11.5 Å². The van der Waals surface area contributed by atoms with Crippen molar-refractivity contribution in [2.24, 2.45) is 0 Å². The molecule has 11 nitrogen and oxygen atoms in total. The zero-order valence-electron chi connectivity index (χ0n) is 24.7. The van der Waals surface area contributed by atoms with E-state index in [0.717, 1.165) is 24.1 Å².